The van der Waals surface area contributed by atoms with Gasteiger partial charge in [-0.25, -0.2) is 4.39 Å². The molecular formula is C17H22ClFN2O2. The van der Waals surface area contributed by atoms with Gasteiger partial charge in [-0.15, -0.1) is 0 Å². The van der Waals surface area contributed by atoms with Gasteiger partial charge in [0.1, 0.15) is 5.82 Å². The zero-order chi connectivity index (χ0) is 17.2. The first-order chi connectivity index (χ1) is 10.7. The molecule has 1 N–H and O–H groups in total. The Morgan fingerprint density at radius 1 is 1.26 bits per heavy atom. The Balaban J connectivity index is 1.99. The SMILES string of the molecule is CC(C)(C)NC(=O)C1CCN(C(=O)c2c(F)cccc2Cl)CC1. The number of carbonyl (C=O) groups excluding carboxylic acids is 2. The van der Waals surface area contributed by atoms with E-state index in [9.17, 15) is 14.0 Å². The van der Waals surface area contributed by atoms with Gasteiger partial charge in [-0.2, -0.15) is 0 Å². The number of halogens is 2. The van der Waals surface area contributed by atoms with Crippen LogP contribution in [0.15, 0.2) is 18.2 Å². The number of hydrogen-bond acceptors (Lipinski definition) is 2. The molecule has 0 bridgehead atoms. The fourth-order valence-electron chi connectivity index (χ4n) is 2.68. The topological polar surface area (TPSA) is 49.4 Å². The van der Waals surface area contributed by atoms with E-state index in [1.54, 1.807) is 4.90 Å². The van der Waals surface area contributed by atoms with Crippen molar-refractivity contribution in [1.29, 1.82) is 0 Å². The third kappa shape index (κ3) is 4.44. The van der Waals surface area contributed by atoms with Crippen LogP contribution in [0.1, 0.15) is 44.0 Å². The van der Waals surface area contributed by atoms with Gasteiger partial charge in [0.05, 0.1) is 10.6 Å². The number of piperidine rings is 1. The maximum atomic E-state index is 13.9. The van der Waals surface area contributed by atoms with E-state index in [1.165, 1.54) is 18.2 Å². The highest BCUT2D eigenvalue weighted by atomic mass is 35.5. The maximum Gasteiger partial charge on any atom is 0.258 e. The Bertz CT molecular complexity index is 585. The summed E-state index contributed by atoms with van der Waals surface area (Å²) >= 11 is 5.94. The van der Waals surface area contributed by atoms with E-state index in [4.69, 9.17) is 11.6 Å². The lowest BCUT2D eigenvalue weighted by molar-refractivity contribution is -0.127. The zero-order valence-corrected chi connectivity index (χ0v) is 14.4. The number of likely N-dealkylation sites (tertiary alicyclic amines) is 1. The lowest BCUT2D eigenvalue weighted by atomic mass is 9.94. The smallest absolute Gasteiger partial charge is 0.258 e. The van der Waals surface area contributed by atoms with Crippen LogP contribution < -0.4 is 5.32 Å². The highest BCUT2D eigenvalue weighted by Gasteiger charge is 2.30. The molecule has 23 heavy (non-hydrogen) atoms. The van der Waals surface area contributed by atoms with Crippen LogP contribution in [0.25, 0.3) is 0 Å². The normalized spacial score (nSPS) is 16.3. The molecular weight excluding hydrogens is 319 g/mol. The Morgan fingerprint density at radius 3 is 2.39 bits per heavy atom. The molecule has 0 aliphatic carbocycles. The average molecular weight is 341 g/mol. The summed E-state index contributed by atoms with van der Waals surface area (Å²) in [5.74, 6) is -1.14. The van der Waals surface area contributed by atoms with Gasteiger partial charge in [-0.3, -0.25) is 9.59 Å². The van der Waals surface area contributed by atoms with Crippen molar-refractivity contribution in [2.24, 2.45) is 5.92 Å². The Morgan fingerprint density at radius 2 is 1.87 bits per heavy atom. The van der Waals surface area contributed by atoms with Gasteiger partial charge < -0.3 is 10.2 Å². The molecule has 1 aliphatic rings. The fourth-order valence-corrected chi connectivity index (χ4v) is 2.92. The third-order valence-corrected chi connectivity index (χ3v) is 4.14. The first-order valence-corrected chi connectivity index (χ1v) is 8.12. The number of nitrogens with zero attached hydrogens (tertiary/aromatic N) is 1. The molecule has 1 fully saturated rings. The summed E-state index contributed by atoms with van der Waals surface area (Å²) in [7, 11) is 0. The van der Waals surface area contributed by atoms with Crippen molar-refractivity contribution in [3.63, 3.8) is 0 Å². The van der Waals surface area contributed by atoms with Gasteiger partial charge in [0.2, 0.25) is 5.91 Å². The summed E-state index contributed by atoms with van der Waals surface area (Å²) in [6, 6.07) is 4.20. The van der Waals surface area contributed by atoms with Gasteiger partial charge >= 0.3 is 0 Å². The van der Waals surface area contributed by atoms with E-state index >= 15 is 0 Å². The molecule has 1 aromatic carbocycles. The molecule has 6 heteroatoms. The minimum atomic E-state index is -0.616. The lowest BCUT2D eigenvalue weighted by Gasteiger charge is -2.33. The number of amides is 2. The lowest BCUT2D eigenvalue weighted by Crippen LogP contribution is -2.48. The zero-order valence-electron chi connectivity index (χ0n) is 13.7. The molecule has 2 rings (SSSR count). The molecule has 1 saturated heterocycles. The summed E-state index contributed by atoms with van der Waals surface area (Å²) in [6.07, 6.45) is 1.14. The van der Waals surface area contributed by atoms with E-state index < -0.39 is 11.7 Å². The van der Waals surface area contributed by atoms with Crippen LogP contribution in [0.4, 0.5) is 4.39 Å². The van der Waals surface area contributed by atoms with Crippen LogP contribution in [0.2, 0.25) is 5.02 Å². The van der Waals surface area contributed by atoms with Crippen molar-refractivity contribution < 1.29 is 14.0 Å². The van der Waals surface area contributed by atoms with Gasteiger partial charge in [-0.05, 0) is 45.7 Å². The van der Waals surface area contributed by atoms with Crippen LogP contribution in [-0.2, 0) is 4.79 Å². The number of hydrogen-bond donors (Lipinski definition) is 1. The van der Waals surface area contributed by atoms with Crippen LogP contribution in [0.3, 0.4) is 0 Å². The molecule has 4 nitrogen and oxygen atoms in total. The molecule has 0 radical (unpaired) electrons. The quantitative estimate of drug-likeness (QED) is 0.898. The first kappa shape index (κ1) is 17.7. The van der Waals surface area contributed by atoms with Crippen molar-refractivity contribution in [3.8, 4) is 0 Å². The predicted octanol–water partition coefficient (Wildman–Crippen LogP) is 3.25. The van der Waals surface area contributed by atoms with Crippen LogP contribution in [0, 0.1) is 11.7 Å². The predicted molar refractivity (Wildman–Crippen MR) is 87.9 cm³/mol. The minimum Gasteiger partial charge on any atom is -0.351 e. The second-order valence-corrected chi connectivity index (χ2v) is 7.31. The second kappa shape index (κ2) is 6.87. The first-order valence-electron chi connectivity index (χ1n) is 7.74. The van der Waals surface area contributed by atoms with E-state index in [1.807, 2.05) is 20.8 Å². The second-order valence-electron chi connectivity index (χ2n) is 6.90. The van der Waals surface area contributed by atoms with Crippen LogP contribution in [0.5, 0.6) is 0 Å². The fraction of sp³-hybridized carbons (Fsp3) is 0.529. The van der Waals surface area contributed by atoms with Crippen molar-refractivity contribution in [3.05, 3.63) is 34.6 Å². The number of nitrogens with one attached hydrogen (secondary N) is 1. The molecule has 1 aromatic rings. The summed E-state index contributed by atoms with van der Waals surface area (Å²) in [5.41, 5.74) is -0.364. The summed E-state index contributed by atoms with van der Waals surface area (Å²) in [4.78, 5) is 26.2. The van der Waals surface area contributed by atoms with Crippen LogP contribution in [-0.4, -0.2) is 35.3 Å². The Kier molecular flexibility index (Phi) is 5.30. The number of rotatable bonds is 2. The van der Waals surface area contributed by atoms with E-state index in [-0.39, 0.29) is 28.0 Å². The van der Waals surface area contributed by atoms with E-state index in [0.29, 0.717) is 25.9 Å². The molecule has 0 saturated carbocycles. The molecule has 126 valence electrons. The molecule has 0 unspecified atom stereocenters. The minimum absolute atomic E-state index is 0.00789. The number of benzene rings is 1. The van der Waals surface area contributed by atoms with Crippen molar-refractivity contribution in [2.75, 3.05) is 13.1 Å². The van der Waals surface area contributed by atoms with Crippen molar-refractivity contribution in [1.82, 2.24) is 10.2 Å². The van der Waals surface area contributed by atoms with E-state index in [2.05, 4.69) is 5.32 Å². The standard InChI is InChI=1S/C17H22ClFN2O2/c1-17(2,3)20-15(22)11-7-9-21(10-8-11)16(23)14-12(18)5-4-6-13(14)19/h4-6,11H,7-10H2,1-3H3,(H,20,22). The van der Waals surface area contributed by atoms with Gasteiger partial charge in [-0.1, -0.05) is 17.7 Å². The maximum absolute atomic E-state index is 13.9. The third-order valence-electron chi connectivity index (χ3n) is 3.83. The molecule has 1 heterocycles. The average Bonchev–Trinajstić information content (AvgIpc) is 2.45. The molecule has 0 spiro atoms. The highest BCUT2D eigenvalue weighted by molar-refractivity contribution is 6.33. The number of carbonyl (C=O) groups is 2. The van der Waals surface area contributed by atoms with Crippen molar-refractivity contribution >= 4 is 23.4 Å². The summed E-state index contributed by atoms with van der Waals surface area (Å²) in [5, 5.41) is 3.07. The molecule has 1 aliphatic heterocycles. The largest absolute Gasteiger partial charge is 0.351 e. The Labute approximate surface area is 141 Å². The molecule has 2 amide bonds. The van der Waals surface area contributed by atoms with Gasteiger partial charge in [0.15, 0.2) is 0 Å². The van der Waals surface area contributed by atoms with Gasteiger partial charge in [0, 0.05) is 24.5 Å². The van der Waals surface area contributed by atoms with E-state index in [0.717, 1.165) is 0 Å². The molecule has 0 aromatic heterocycles. The molecule has 0 atom stereocenters. The van der Waals surface area contributed by atoms with Crippen LogP contribution >= 0.6 is 11.6 Å². The summed E-state index contributed by atoms with van der Waals surface area (Å²) < 4.78 is 13.9. The Hall–Kier alpha value is -1.62. The monoisotopic (exact) mass is 340 g/mol. The van der Waals surface area contributed by atoms with Crippen molar-refractivity contribution in [2.45, 2.75) is 39.2 Å². The van der Waals surface area contributed by atoms with Gasteiger partial charge in [0.25, 0.3) is 5.91 Å². The summed E-state index contributed by atoms with van der Waals surface area (Å²) in [6.45, 7) is 6.65. The highest BCUT2D eigenvalue weighted by Crippen LogP contribution is 2.24.